The normalized spacial score (nSPS) is 16.9. The molecule has 2 N–H and O–H groups in total. The molecule has 2 atom stereocenters. The molecule has 2 unspecified atom stereocenters. The SMILES string of the molecule is C=C(O)CC1CCCN1c1ccc(OCc2cccc(C)c2)cc1.C=C(O)CC1CCCN1c1ccc(OCc2ccccc2OC(F)(F)F)cc1. The van der Waals surface area contributed by atoms with Crippen molar-refractivity contribution in [3.8, 4) is 17.2 Å². The lowest BCUT2D eigenvalue weighted by Gasteiger charge is -2.26. The summed E-state index contributed by atoms with van der Waals surface area (Å²) in [4.78, 5) is 4.57. The van der Waals surface area contributed by atoms with Crippen molar-refractivity contribution >= 4 is 11.4 Å². The third-order valence-electron chi connectivity index (χ3n) is 9.11. The van der Waals surface area contributed by atoms with Crippen LogP contribution < -0.4 is 24.0 Å². The molecule has 52 heavy (non-hydrogen) atoms. The number of hydrogen-bond acceptors (Lipinski definition) is 7. The molecule has 0 radical (unpaired) electrons. The lowest BCUT2D eigenvalue weighted by Crippen LogP contribution is -2.29. The number of aryl methyl sites for hydroxylation is 1. The zero-order valence-corrected chi connectivity index (χ0v) is 29.5. The fourth-order valence-electron chi connectivity index (χ4n) is 6.76. The van der Waals surface area contributed by atoms with Crippen LogP contribution in [0.1, 0.15) is 55.2 Å². The van der Waals surface area contributed by atoms with Gasteiger partial charge in [-0.15, -0.1) is 13.2 Å². The molecule has 0 aromatic heterocycles. The molecule has 2 saturated heterocycles. The minimum Gasteiger partial charge on any atom is -0.513 e. The summed E-state index contributed by atoms with van der Waals surface area (Å²) in [5, 5.41) is 18.9. The zero-order valence-electron chi connectivity index (χ0n) is 29.5. The quantitative estimate of drug-likeness (QED) is 0.133. The first-order valence-electron chi connectivity index (χ1n) is 17.5. The third kappa shape index (κ3) is 11.4. The molecule has 7 nitrogen and oxygen atoms in total. The first-order valence-corrected chi connectivity index (χ1v) is 17.5. The lowest BCUT2D eigenvalue weighted by molar-refractivity contribution is -0.275. The number of anilines is 2. The highest BCUT2D eigenvalue weighted by atomic mass is 19.4. The van der Waals surface area contributed by atoms with Crippen LogP contribution in [0.3, 0.4) is 0 Å². The zero-order chi connectivity index (χ0) is 37.1. The molecule has 2 fully saturated rings. The van der Waals surface area contributed by atoms with Crippen molar-refractivity contribution in [3.05, 3.63) is 138 Å². The number of aliphatic hydroxyl groups is 2. The van der Waals surface area contributed by atoms with Gasteiger partial charge in [-0.3, -0.25) is 0 Å². The Morgan fingerprint density at radius 3 is 1.73 bits per heavy atom. The van der Waals surface area contributed by atoms with Crippen molar-refractivity contribution in [1.29, 1.82) is 0 Å². The summed E-state index contributed by atoms with van der Waals surface area (Å²) in [6, 6.07) is 30.5. The molecule has 2 aliphatic rings. The molecule has 0 aliphatic carbocycles. The molecule has 4 aromatic rings. The van der Waals surface area contributed by atoms with Crippen molar-refractivity contribution in [1.82, 2.24) is 0 Å². The van der Waals surface area contributed by atoms with Crippen LogP contribution in [0.5, 0.6) is 17.2 Å². The van der Waals surface area contributed by atoms with Crippen LogP contribution >= 0.6 is 0 Å². The van der Waals surface area contributed by atoms with E-state index < -0.39 is 6.36 Å². The first kappa shape index (κ1) is 38.0. The average molecular weight is 717 g/mol. The second-order valence-electron chi connectivity index (χ2n) is 13.2. The third-order valence-corrected chi connectivity index (χ3v) is 9.11. The Kier molecular flexibility index (Phi) is 13.0. The first-order chi connectivity index (χ1) is 24.9. The van der Waals surface area contributed by atoms with E-state index in [9.17, 15) is 23.4 Å². The Morgan fingerprint density at radius 2 is 1.23 bits per heavy atom. The van der Waals surface area contributed by atoms with Gasteiger partial charge >= 0.3 is 6.36 Å². The molecule has 10 heteroatoms. The van der Waals surface area contributed by atoms with E-state index >= 15 is 0 Å². The lowest BCUT2D eigenvalue weighted by atomic mass is 10.1. The summed E-state index contributed by atoms with van der Waals surface area (Å²) >= 11 is 0. The summed E-state index contributed by atoms with van der Waals surface area (Å²) in [6.07, 6.45) is 0.735. The number of rotatable bonds is 13. The van der Waals surface area contributed by atoms with Crippen molar-refractivity contribution in [2.75, 3.05) is 22.9 Å². The largest absolute Gasteiger partial charge is 0.573 e. The maximum atomic E-state index is 12.5. The molecule has 0 saturated carbocycles. The molecule has 0 bridgehead atoms. The fourth-order valence-corrected chi connectivity index (χ4v) is 6.76. The van der Waals surface area contributed by atoms with Gasteiger partial charge in [0.1, 0.15) is 30.5 Å². The number of ether oxygens (including phenoxy) is 3. The molecule has 4 aromatic carbocycles. The van der Waals surface area contributed by atoms with Crippen molar-refractivity contribution in [2.24, 2.45) is 0 Å². The Bertz CT molecular complexity index is 1760. The van der Waals surface area contributed by atoms with Crippen LogP contribution in [0.15, 0.2) is 122 Å². The standard InChI is InChI=1S/C21H22F3NO3.C21H25NO2/c1-15(26)13-18-6-4-12-25(18)17-8-10-19(11-9-17)27-14-16-5-2-3-7-20(16)28-21(22,23)24;1-16-5-3-6-18(13-16)15-24-21-10-8-19(9-11-21)22-12-4-7-20(22)14-17(2)23/h2-3,5,7-11,18,26H,1,4,6,12-14H2;3,5-6,8-11,13,20,23H,2,4,7,12,14-15H2,1H3. The summed E-state index contributed by atoms with van der Waals surface area (Å²) in [5.41, 5.74) is 4.93. The minimum atomic E-state index is -4.75. The van der Waals surface area contributed by atoms with Crippen molar-refractivity contribution < 1.29 is 37.6 Å². The fraction of sp³-hybridized carbons (Fsp3) is 0.333. The maximum absolute atomic E-state index is 12.5. The van der Waals surface area contributed by atoms with Gasteiger partial charge < -0.3 is 34.2 Å². The van der Waals surface area contributed by atoms with Gasteiger partial charge in [0.05, 0.1) is 11.5 Å². The molecule has 2 aliphatic heterocycles. The Labute approximate surface area is 304 Å². The predicted octanol–water partition coefficient (Wildman–Crippen LogP) is 10.6. The van der Waals surface area contributed by atoms with E-state index in [1.165, 1.54) is 35.0 Å². The van der Waals surface area contributed by atoms with E-state index in [0.29, 0.717) is 36.8 Å². The maximum Gasteiger partial charge on any atom is 0.573 e. The summed E-state index contributed by atoms with van der Waals surface area (Å²) in [5.74, 6) is 1.60. The summed E-state index contributed by atoms with van der Waals surface area (Å²) in [7, 11) is 0. The van der Waals surface area contributed by atoms with Gasteiger partial charge in [-0.25, -0.2) is 0 Å². The van der Waals surface area contributed by atoms with Crippen LogP contribution in [0.4, 0.5) is 24.5 Å². The number of alkyl halides is 3. The molecule has 6 rings (SSSR count). The summed E-state index contributed by atoms with van der Waals surface area (Å²) < 4.78 is 53.1. The number of aliphatic hydroxyl groups excluding tert-OH is 2. The van der Waals surface area contributed by atoms with Gasteiger partial charge in [-0.2, -0.15) is 0 Å². The van der Waals surface area contributed by atoms with Crippen LogP contribution in [-0.4, -0.2) is 41.7 Å². The second-order valence-corrected chi connectivity index (χ2v) is 13.2. The Balaban J connectivity index is 0.000000203. The van der Waals surface area contributed by atoms with E-state index in [0.717, 1.165) is 50.2 Å². The van der Waals surface area contributed by atoms with Gasteiger partial charge in [0.2, 0.25) is 0 Å². The Hall–Kier alpha value is -5.25. The van der Waals surface area contributed by atoms with Gasteiger partial charge in [0.15, 0.2) is 0 Å². The van der Waals surface area contributed by atoms with E-state index in [4.69, 9.17) is 9.47 Å². The minimum absolute atomic E-state index is 0.0394. The van der Waals surface area contributed by atoms with Crippen molar-refractivity contribution in [3.63, 3.8) is 0 Å². The van der Waals surface area contributed by atoms with Crippen LogP contribution in [0, 0.1) is 6.92 Å². The van der Waals surface area contributed by atoms with Crippen LogP contribution in [0.25, 0.3) is 0 Å². The van der Waals surface area contributed by atoms with E-state index in [-0.39, 0.29) is 29.9 Å². The van der Waals surface area contributed by atoms with Gasteiger partial charge in [-0.1, -0.05) is 61.2 Å². The molecule has 276 valence electrons. The van der Waals surface area contributed by atoms with Gasteiger partial charge in [0, 0.05) is 55.0 Å². The Morgan fingerprint density at radius 1 is 0.712 bits per heavy atom. The van der Waals surface area contributed by atoms with Crippen LogP contribution in [-0.2, 0) is 13.2 Å². The number of benzene rings is 4. The number of halogens is 3. The van der Waals surface area contributed by atoms with Gasteiger partial charge in [0.25, 0.3) is 0 Å². The van der Waals surface area contributed by atoms with E-state index in [2.05, 4.69) is 71.0 Å². The highest BCUT2D eigenvalue weighted by Gasteiger charge is 2.32. The van der Waals surface area contributed by atoms with E-state index in [1.807, 2.05) is 24.3 Å². The molecule has 0 spiro atoms. The molecule has 2 heterocycles. The average Bonchev–Trinajstić information content (AvgIpc) is 3.76. The number of para-hydroxylation sites is 1. The summed E-state index contributed by atoms with van der Waals surface area (Å²) in [6.45, 7) is 11.8. The molecular formula is C42H47F3N2O5. The molecule has 0 amide bonds. The number of nitrogens with zero attached hydrogens (tertiary/aromatic N) is 2. The molecular weight excluding hydrogens is 669 g/mol. The van der Waals surface area contributed by atoms with Crippen molar-refractivity contribution in [2.45, 2.75) is 77.1 Å². The van der Waals surface area contributed by atoms with E-state index in [1.54, 1.807) is 18.2 Å². The monoisotopic (exact) mass is 716 g/mol. The van der Waals surface area contributed by atoms with Gasteiger partial charge in [-0.05, 0) is 92.8 Å². The smallest absolute Gasteiger partial charge is 0.513 e. The van der Waals surface area contributed by atoms with Crippen LogP contribution in [0.2, 0.25) is 0 Å². The highest BCUT2D eigenvalue weighted by molar-refractivity contribution is 5.52. The predicted molar refractivity (Wildman–Crippen MR) is 199 cm³/mol. The second kappa shape index (κ2) is 17.8. The number of hydrogen-bond donors (Lipinski definition) is 2. The topological polar surface area (TPSA) is 74.6 Å². The highest BCUT2D eigenvalue weighted by Crippen LogP contribution is 2.32.